The van der Waals surface area contributed by atoms with Crippen molar-refractivity contribution >= 4 is 44.2 Å². The van der Waals surface area contributed by atoms with Gasteiger partial charge in [-0.2, -0.15) is 0 Å². The number of halogens is 1. The van der Waals surface area contributed by atoms with Gasteiger partial charge in [-0.1, -0.05) is 53.4 Å². The summed E-state index contributed by atoms with van der Waals surface area (Å²) in [5.74, 6) is -0.172. The van der Waals surface area contributed by atoms with Crippen LogP contribution in [0.2, 0.25) is 0 Å². The molecule has 8 heteroatoms. The zero-order chi connectivity index (χ0) is 18.1. The summed E-state index contributed by atoms with van der Waals surface area (Å²) in [5, 5.41) is 9.07. The van der Waals surface area contributed by atoms with Crippen LogP contribution in [-0.4, -0.2) is 38.2 Å². The predicted molar refractivity (Wildman–Crippen MR) is 102 cm³/mol. The molecule has 0 aliphatic rings. The number of thiazole rings is 1. The molecule has 2 aromatic carbocycles. The largest absolute Gasteiger partial charge is 0.341 e. The summed E-state index contributed by atoms with van der Waals surface area (Å²) in [6, 6.07) is 14.5. The number of hydrogen-bond donors (Lipinski definition) is 0. The average Bonchev–Trinajstić information content (AvgIpc) is 3.20. The van der Waals surface area contributed by atoms with E-state index < -0.39 is 0 Å². The minimum atomic E-state index is -0.302. The first kappa shape index (κ1) is 17.0. The second-order valence-corrected chi connectivity index (χ2v) is 7.75. The van der Waals surface area contributed by atoms with Crippen LogP contribution in [0.25, 0.3) is 15.2 Å². The van der Waals surface area contributed by atoms with E-state index in [-0.39, 0.29) is 24.0 Å². The molecule has 5 nitrogen and oxygen atoms in total. The minimum absolute atomic E-state index is 0.0884. The molecule has 0 N–H and O–H groups in total. The molecule has 2 aromatic heterocycles. The Morgan fingerprint density at radius 2 is 1.96 bits per heavy atom. The first-order chi connectivity index (χ1) is 12.6. The SMILES string of the molecule is CN(Cc1ccccc1F)C(=O)CSc1nnc2sc3ccccc3n12. The fourth-order valence-electron chi connectivity index (χ4n) is 2.66. The smallest absolute Gasteiger partial charge is 0.233 e. The van der Waals surface area contributed by atoms with Crippen molar-refractivity contribution in [3.63, 3.8) is 0 Å². The van der Waals surface area contributed by atoms with Crippen LogP contribution in [0, 0.1) is 5.82 Å². The van der Waals surface area contributed by atoms with Crippen LogP contribution in [0.3, 0.4) is 0 Å². The molecule has 0 bridgehead atoms. The maximum absolute atomic E-state index is 13.7. The number of fused-ring (bicyclic) bond motifs is 3. The third-order valence-corrected chi connectivity index (χ3v) is 5.95. The molecule has 26 heavy (non-hydrogen) atoms. The lowest BCUT2D eigenvalue weighted by atomic mass is 10.2. The number of para-hydroxylation sites is 1. The van der Waals surface area contributed by atoms with Crippen molar-refractivity contribution in [2.75, 3.05) is 12.8 Å². The first-order valence-electron chi connectivity index (χ1n) is 7.96. The number of nitrogens with zero attached hydrogens (tertiary/aromatic N) is 4. The van der Waals surface area contributed by atoms with Crippen molar-refractivity contribution in [3.8, 4) is 0 Å². The van der Waals surface area contributed by atoms with Crippen molar-refractivity contribution in [2.45, 2.75) is 11.7 Å². The fourth-order valence-corrected chi connectivity index (χ4v) is 4.56. The standard InChI is InChI=1S/C18H15FN4OS2/c1-22(10-12-6-2-3-7-13(12)19)16(24)11-25-17-20-21-18-23(17)14-8-4-5-9-15(14)26-18/h2-9H,10-11H2,1H3. The van der Waals surface area contributed by atoms with E-state index in [0.717, 1.165) is 15.2 Å². The first-order valence-corrected chi connectivity index (χ1v) is 9.76. The molecule has 4 rings (SSSR count). The molecule has 0 radical (unpaired) electrons. The van der Waals surface area contributed by atoms with E-state index in [2.05, 4.69) is 10.2 Å². The summed E-state index contributed by atoms with van der Waals surface area (Å²) in [4.78, 5) is 14.7. The number of carbonyl (C=O) groups is 1. The van der Waals surface area contributed by atoms with Crippen LogP contribution in [0.4, 0.5) is 4.39 Å². The molecule has 0 aliphatic heterocycles. The lowest BCUT2D eigenvalue weighted by molar-refractivity contribution is -0.127. The normalized spacial score (nSPS) is 11.3. The molecule has 4 aromatic rings. The summed E-state index contributed by atoms with van der Waals surface area (Å²) in [7, 11) is 1.68. The Morgan fingerprint density at radius 1 is 1.19 bits per heavy atom. The Morgan fingerprint density at radius 3 is 2.81 bits per heavy atom. The molecular formula is C18H15FN4OS2. The Hall–Kier alpha value is -2.45. The summed E-state index contributed by atoms with van der Waals surface area (Å²) in [5.41, 5.74) is 1.54. The van der Waals surface area contributed by atoms with Crippen LogP contribution >= 0.6 is 23.1 Å². The van der Waals surface area contributed by atoms with Gasteiger partial charge in [-0.15, -0.1) is 10.2 Å². The van der Waals surface area contributed by atoms with Crippen molar-refractivity contribution in [1.29, 1.82) is 0 Å². The Labute approximate surface area is 157 Å². The molecular weight excluding hydrogens is 371 g/mol. The van der Waals surface area contributed by atoms with Crippen LogP contribution in [0.1, 0.15) is 5.56 Å². The molecule has 0 saturated heterocycles. The highest BCUT2D eigenvalue weighted by molar-refractivity contribution is 7.99. The molecule has 0 saturated carbocycles. The summed E-state index contributed by atoms with van der Waals surface area (Å²) in [6.07, 6.45) is 0. The lowest BCUT2D eigenvalue weighted by Gasteiger charge is -2.17. The molecule has 0 spiro atoms. The van der Waals surface area contributed by atoms with Gasteiger partial charge >= 0.3 is 0 Å². The number of hydrogen-bond acceptors (Lipinski definition) is 5. The summed E-state index contributed by atoms with van der Waals surface area (Å²) in [6.45, 7) is 0.239. The van der Waals surface area contributed by atoms with Gasteiger partial charge in [0.1, 0.15) is 5.82 Å². The Bertz CT molecular complexity index is 1090. The van der Waals surface area contributed by atoms with Crippen molar-refractivity contribution in [2.24, 2.45) is 0 Å². The molecule has 2 heterocycles. The molecule has 0 atom stereocenters. The maximum atomic E-state index is 13.7. The van der Waals surface area contributed by atoms with Crippen LogP contribution in [0.5, 0.6) is 0 Å². The molecule has 0 unspecified atom stereocenters. The highest BCUT2D eigenvalue weighted by Gasteiger charge is 2.16. The zero-order valence-electron chi connectivity index (χ0n) is 13.9. The van der Waals surface area contributed by atoms with Crippen LogP contribution in [0.15, 0.2) is 53.7 Å². The number of carbonyl (C=O) groups excluding carboxylic acids is 1. The summed E-state index contributed by atoms with van der Waals surface area (Å²) >= 11 is 2.90. The number of benzene rings is 2. The monoisotopic (exact) mass is 386 g/mol. The number of rotatable bonds is 5. The summed E-state index contributed by atoms with van der Waals surface area (Å²) < 4.78 is 16.8. The third-order valence-electron chi connectivity index (χ3n) is 4.03. The van der Waals surface area contributed by atoms with E-state index in [1.807, 2.05) is 28.7 Å². The van der Waals surface area contributed by atoms with Crippen molar-refractivity contribution in [3.05, 3.63) is 59.9 Å². The second kappa shape index (κ2) is 7.05. The Balaban J connectivity index is 1.47. The number of thioether (sulfide) groups is 1. The van der Waals surface area contributed by atoms with Gasteiger partial charge in [-0.25, -0.2) is 4.39 Å². The van der Waals surface area contributed by atoms with E-state index >= 15 is 0 Å². The van der Waals surface area contributed by atoms with E-state index in [1.54, 1.807) is 36.6 Å². The predicted octanol–water partition coefficient (Wildman–Crippen LogP) is 3.83. The van der Waals surface area contributed by atoms with Gasteiger partial charge in [-0.05, 0) is 18.2 Å². The zero-order valence-corrected chi connectivity index (χ0v) is 15.6. The molecule has 0 fully saturated rings. The van der Waals surface area contributed by atoms with Gasteiger partial charge in [0.25, 0.3) is 0 Å². The van der Waals surface area contributed by atoms with E-state index in [4.69, 9.17) is 0 Å². The van der Waals surface area contributed by atoms with Gasteiger partial charge < -0.3 is 4.90 Å². The van der Waals surface area contributed by atoms with Gasteiger partial charge in [0.2, 0.25) is 10.9 Å². The molecule has 1 amide bonds. The second-order valence-electron chi connectivity index (χ2n) is 5.80. The maximum Gasteiger partial charge on any atom is 0.233 e. The van der Waals surface area contributed by atoms with E-state index in [9.17, 15) is 9.18 Å². The minimum Gasteiger partial charge on any atom is -0.341 e. The van der Waals surface area contributed by atoms with Gasteiger partial charge in [-0.3, -0.25) is 9.20 Å². The van der Waals surface area contributed by atoms with E-state index in [1.165, 1.54) is 22.7 Å². The van der Waals surface area contributed by atoms with Gasteiger partial charge in [0.05, 0.1) is 16.0 Å². The topological polar surface area (TPSA) is 50.5 Å². The molecule has 132 valence electrons. The highest BCUT2D eigenvalue weighted by atomic mass is 32.2. The third kappa shape index (κ3) is 3.17. The van der Waals surface area contributed by atoms with Crippen LogP contribution < -0.4 is 0 Å². The Kier molecular flexibility index (Phi) is 4.60. The van der Waals surface area contributed by atoms with Gasteiger partial charge in [0, 0.05) is 19.2 Å². The quantitative estimate of drug-likeness (QED) is 0.489. The number of aromatic nitrogens is 3. The van der Waals surface area contributed by atoms with Crippen LogP contribution in [-0.2, 0) is 11.3 Å². The average molecular weight is 386 g/mol. The lowest BCUT2D eigenvalue weighted by Crippen LogP contribution is -2.28. The van der Waals surface area contributed by atoms with Crippen molar-refractivity contribution in [1.82, 2.24) is 19.5 Å². The van der Waals surface area contributed by atoms with Crippen molar-refractivity contribution < 1.29 is 9.18 Å². The fraction of sp³-hybridized carbons (Fsp3) is 0.167. The molecule has 0 aliphatic carbocycles. The van der Waals surface area contributed by atoms with E-state index in [0.29, 0.717) is 10.7 Å². The van der Waals surface area contributed by atoms with Gasteiger partial charge in [0.15, 0.2) is 5.16 Å². The number of amides is 1. The highest BCUT2D eigenvalue weighted by Crippen LogP contribution is 2.29.